The smallest absolute Gasteiger partial charge is 0.318 e. The number of carbonyl (C=O) groups is 2. The molecule has 2 aliphatic rings. The maximum Gasteiger partial charge on any atom is 0.318 e. The van der Waals surface area contributed by atoms with Crippen LogP contribution in [0.15, 0.2) is 121 Å². The zero-order valence-corrected chi connectivity index (χ0v) is 35.2. The van der Waals surface area contributed by atoms with Gasteiger partial charge < -0.3 is 29.7 Å². The van der Waals surface area contributed by atoms with Gasteiger partial charge in [0, 0.05) is 47.0 Å². The lowest BCUT2D eigenvalue weighted by molar-refractivity contribution is -0.125. The summed E-state index contributed by atoms with van der Waals surface area (Å²) in [5.74, 6) is 1.68. The maximum absolute atomic E-state index is 14.1. The zero-order valence-electron chi connectivity index (χ0n) is 33.7. The molecule has 306 valence electrons. The normalized spacial score (nSPS) is 16.1. The lowest BCUT2D eigenvalue weighted by atomic mass is 9.92. The van der Waals surface area contributed by atoms with E-state index in [4.69, 9.17) is 37.4 Å². The second-order valence-electron chi connectivity index (χ2n) is 15.3. The second kappa shape index (κ2) is 18.1. The summed E-state index contributed by atoms with van der Waals surface area (Å²) in [5.41, 5.74) is 10.1. The van der Waals surface area contributed by atoms with Crippen LogP contribution in [0.5, 0.6) is 17.2 Å². The summed E-state index contributed by atoms with van der Waals surface area (Å²) >= 11 is 12.4. The molecule has 3 heterocycles. The van der Waals surface area contributed by atoms with Gasteiger partial charge in [-0.15, -0.1) is 0 Å². The van der Waals surface area contributed by atoms with E-state index in [2.05, 4.69) is 46.8 Å². The first-order valence-electron chi connectivity index (χ1n) is 20.1. The first-order chi connectivity index (χ1) is 29.1. The number of benzene rings is 5. The number of rotatable bonds is 11. The molecule has 2 aliphatic heterocycles. The van der Waals surface area contributed by atoms with E-state index in [1.807, 2.05) is 98.9 Å². The van der Waals surface area contributed by atoms with E-state index in [1.165, 1.54) is 0 Å². The predicted molar refractivity (Wildman–Crippen MR) is 235 cm³/mol. The summed E-state index contributed by atoms with van der Waals surface area (Å²) in [6.45, 7) is 7.31. The Kier molecular flexibility index (Phi) is 12.3. The van der Waals surface area contributed by atoms with Gasteiger partial charge in [-0.1, -0.05) is 96.0 Å². The van der Waals surface area contributed by atoms with Crippen molar-refractivity contribution in [1.82, 2.24) is 20.5 Å². The van der Waals surface area contributed by atoms with Crippen molar-refractivity contribution >= 4 is 35.1 Å². The molecule has 9 nitrogen and oxygen atoms in total. The van der Waals surface area contributed by atoms with E-state index in [0.717, 1.165) is 55.8 Å². The number of ether oxygens (including phenoxy) is 3. The van der Waals surface area contributed by atoms with Crippen LogP contribution in [0.2, 0.25) is 10.0 Å². The van der Waals surface area contributed by atoms with Gasteiger partial charge in [0.15, 0.2) is 17.6 Å². The number of hydrogen-bond donors (Lipinski definition) is 2. The molecule has 5 aromatic carbocycles. The summed E-state index contributed by atoms with van der Waals surface area (Å²) in [4.78, 5) is 34.1. The van der Waals surface area contributed by atoms with Gasteiger partial charge in [0.1, 0.15) is 25.0 Å². The zero-order chi connectivity index (χ0) is 41.8. The van der Waals surface area contributed by atoms with E-state index in [0.29, 0.717) is 59.9 Å². The highest BCUT2D eigenvalue weighted by atomic mass is 35.5. The van der Waals surface area contributed by atoms with E-state index in [9.17, 15) is 9.59 Å². The van der Waals surface area contributed by atoms with Crippen molar-refractivity contribution in [3.63, 3.8) is 0 Å². The number of amides is 3. The molecule has 0 saturated heterocycles. The second-order valence-corrected chi connectivity index (χ2v) is 16.2. The number of hydrogen-bond acceptors (Lipinski definition) is 6. The van der Waals surface area contributed by atoms with Gasteiger partial charge in [-0.05, 0) is 114 Å². The van der Waals surface area contributed by atoms with Gasteiger partial charge in [-0.3, -0.25) is 9.78 Å². The third kappa shape index (κ3) is 9.23. The molecule has 6 aromatic rings. The van der Waals surface area contributed by atoms with Crippen LogP contribution >= 0.6 is 23.2 Å². The number of nitrogens with zero attached hydrogens (tertiary/aromatic N) is 2. The van der Waals surface area contributed by atoms with Crippen LogP contribution in [0.3, 0.4) is 0 Å². The fraction of sp³-hybridized carbons (Fsp3) is 0.245. The average Bonchev–Trinajstić information content (AvgIpc) is 3.26. The summed E-state index contributed by atoms with van der Waals surface area (Å²) in [6, 6.07) is 35.9. The molecule has 1 aromatic heterocycles. The summed E-state index contributed by atoms with van der Waals surface area (Å²) in [7, 11) is 0. The standard InChI is InChI=1S/C49H46Cl2N4O5/c1-30-31(2)52-22-20-42(30)35-11-9-33(10-12-35)19-21-53-48(56)44-23-38-24-45-46(25-39(38)27-55(44)49(57)54-32(3)34-7-5-4-6-8-34)60-47(29-59-45)36-14-17-41(18-15-36)58-28-37-13-16-40(50)26-43(37)51/h4-18,20,22,24-26,32,44,47H,19,21,23,27-29H2,1-3H3,(H,53,56)(H,54,57)/t32-,44?,47?/m1/s1. The van der Waals surface area contributed by atoms with Gasteiger partial charge >= 0.3 is 6.03 Å². The number of carbonyl (C=O) groups excluding carboxylic acids is 2. The summed E-state index contributed by atoms with van der Waals surface area (Å²) in [6.07, 6.45) is 2.46. The van der Waals surface area contributed by atoms with Crippen molar-refractivity contribution in [3.8, 4) is 28.4 Å². The third-order valence-electron chi connectivity index (χ3n) is 11.4. The molecule has 2 unspecified atom stereocenters. The molecule has 2 N–H and O–H groups in total. The van der Waals surface area contributed by atoms with Crippen LogP contribution in [-0.2, 0) is 30.8 Å². The highest BCUT2D eigenvalue weighted by Crippen LogP contribution is 2.41. The third-order valence-corrected chi connectivity index (χ3v) is 11.9. The molecule has 3 amide bonds. The van der Waals surface area contributed by atoms with E-state index >= 15 is 0 Å². The number of pyridine rings is 1. The van der Waals surface area contributed by atoms with Crippen molar-refractivity contribution in [2.75, 3.05) is 13.2 Å². The molecule has 0 saturated carbocycles. The Labute approximate surface area is 360 Å². The van der Waals surface area contributed by atoms with E-state index in [1.54, 1.807) is 17.0 Å². The van der Waals surface area contributed by atoms with Crippen molar-refractivity contribution in [2.45, 2.75) is 65.0 Å². The first kappa shape index (κ1) is 40.7. The molecular weight excluding hydrogens is 795 g/mol. The number of aromatic nitrogens is 1. The van der Waals surface area contributed by atoms with Crippen LogP contribution in [0.1, 0.15) is 63.7 Å². The highest BCUT2D eigenvalue weighted by molar-refractivity contribution is 6.35. The molecule has 60 heavy (non-hydrogen) atoms. The van der Waals surface area contributed by atoms with Gasteiger partial charge in [0.2, 0.25) is 5.91 Å². The van der Waals surface area contributed by atoms with Crippen LogP contribution in [-0.4, -0.2) is 41.0 Å². The Morgan fingerprint density at radius 3 is 2.43 bits per heavy atom. The molecule has 0 aliphatic carbocycles. The highest BCUT2D eigenvalue weighted by Gasteiger charge is 2.37. The summed E-state index contributed by atoms with van der Waals surface area (Å²) in [5, 5.41) is 7.39. The van der Waals surface area contributed by atoms with Gasteiger partial charge in [-0.2, -0.15) is 0 Å². The van der Waals surface area contributed by atoms with Crippen molar-refractivity contribution < 1.29 is 23.8 Å². The maximum atomic E-state index is 14.1. The van der Waals surface area contributed by atoms with Crippen LogP contribution in [0.4, 0.5) is 4.79 Å². The minimum Gasteiger partial charge on any atom is -0.489 e. The number of urea groups is 1. The van der Waals surface area contributed by atoms with Crippen molar-refractivity contribution in [2.24, 2.45) is 0 Å². The van der Waals surface area contributed by atoms with Crippen molar-refractivity contribution in [3.05, 3.63) is 176 Å². The van der Waals surface area contributed by atoms with Gasteiger partial charge in [0.25, 0.3) is 0 Å². The fourth-order valence-electron chi connectivity index (χ4n) is 7.69. The molecule has 0 spiro atoms. The van der Waals surface area contributed by atoms with Crippen LogP contribution in [0, 0.1) is 13.8 Å². The van der Waals surface area contributed by atoms with Crippen molar-refractivity contribution in [1.29, 1.82) is 0 Å². The largest absolute Gasteiger partial charge is 0.489 e. The Hall–Kier alpha value is -6.03. The minimum atomic E-state index is -0.729. The molecule has 0 bridgehead atoms. The average molecular weight is 842 g/mol. The number of nitrogens with one attached hydrogen (secondary N) is 2. The molecule has 3 atom stereocenters. The molecule has 11 heteroatoms. The minimum absolute atomic E-state index is 0.207. The predicted octanol–water partition coefficient (Wildman–Crippen LogP) is 10.3. The Morgan fingerprint density at radius 1 is 0.900 bits per heavy atom. The molecule has 8 rings (SSSR count). The number of halogens is 2. The van der Waals surface area contributed by atoms with Crippen LogP contribution in [0.25, 0.3) is 11.1 Å². The lowest BCUT2D eigenvalue weighted by Gasteiger charge is -2.37. The Balaban J connectivity index is 0.948. The molecule has 0 fully saturated rings. The first-order valence-corrected chi connectivity index (χ1v) is 20.9. The Morgan fingerprint density at radius 2 is 1.67 bits per heavy atom. The van der Waals surface area contributed by atoms with Gasteiger partial charge in [-0.25, -0.2) is 4.79 Å². The quantitative estimate of drug-likeness (QED) is 0.135. The van der Waals surface area contributed by atoms with Gasteiger partial charge in [0.05, 0.1) is 6.04 Å². The van der Waals surface area contributed by atoms with E-state index < -0.39 is 6.04 Å². The number of fused-ring (bicyclic) bond motifs is 2. The lowest BCUT2D eigenvalue weighted by Crippen LogP contribution is -2.55. The summed E-state index contributed by atoms with van der Waals surface area (Å²) < 4.78 is 18.8. The Bertz CT molecular complexity index is 2500. The van der Waals surface area contributed by atoms with E-state index in [-0.39, 0.29) is 30.6 Å². The SMILES string of the molecule is Cc1nccc(-c2ccc(CCNC(=O)C3Cc4cc5c(cc4CN3C(=O)N[C@H](C)c3ccccc3)OC(c3ccc(OCc4ccc(Cl)cc4Cl)cc3)CO5)cc2)c1C. The fourth-order valence-corrected chi connectivity index (χ4v) is 8.15. The molecule has 0 radical (unpaired) electrons. The monoisotopic (exact) mass is 840 g/mol. The van der Waals surface area contributed by atoms with Crippen LogP contribution < -0.4 is 24.8 Å². The molecular formula is C49H46Cl2N4O5. The topological polar surface area (TPSA) is 102 Å². The number of aryl methyl sites for hydroxylation is 1.